The first-order valence-electron chi connectivity index (χ1n) is 13.3. The Bertz CT molecular complexity index is 1490. The highest BCUT2D eigenvalue weighted by molar-refractivity contribution is 6.21. The van der Waals surface area contributed by atoms with Crippen LogP contribution in [0.4, 0.5) is 21.9 Å². The number of nitrogens with one attached hydrogen (secondary N) is 2. The second kappa shape index (κ2) is 11.5. The molecule has 0 atom stereocenters. The van der Waals surface area contributed by atoms with Crippen LogP contribution >= 0.6 is 0 Å². The van der Waals surface area contributed by atoms with Gasteiger partial charge in [-0.05, 0) is 72.9 Å². The lowest BCUT2D eigenvalue weighted by molar-refractivity contribution is -0.129. The summed E-state index contributed by atoms with van der Waals surface area (Å²) < 4.78 is 0. The average Bonchev–Trinajstić information content (AvgIpc) is 3.01. The summed E-state index contributed by atoms with van der Waals surface area (Å²) in [5.41, 5.74) is 6.74. The fourth-order valence-corrected chi connectivity index (χ4v) is 4.96. The summed E-state index contributed by atoms with van der Waals surface area (Å²) in [5, 5.41) is 5.46. The maximum absolute atomic E-state index is 14.2. The Morgan fingerprint density at radius 1 is 0.675 bits per heavy atom. The lowest BCUT2D eigenvalue weighted by Crippen LogP contribution is -2.56. The number of rotatable bonds is 6. The number of hydrogen-bond acceptors (Lipinski definition) is 3. The standard InChI is InChI=1S/C33H32N4O3/c1-22-11-10-16-27(19-22)34-33(40)35-30-31(38)36(20-25-14-6-4-12-23(25)2)28-17-8-9-18-29(28)37(32(30)39)21-26-15-7-5-13-24(26)3/h4-19,30H,20-21H2,1-3H3,(H2,34,35,40). The molecule has 5 rings (SSSR count). The summed E-state index contributed by atoms with van der Waals surface area (Å²) in [5.74, 6) is -0.986. The fraction of sp³-hybridized carbons (Fsp3) is 0.182. The van der Waals surface area contributed by atoms with Gasteiger partial charge < -0.3 is 20.4 Å². The number of fused-ring (bicyclic) bond motifs is 1. The van der Waals surface area contributed by atoms with Gasteiger partial charge in [0.15, 0.2) is 6.04 Å². The molecule has 4 aromatic rings. The average molecular weight is 533 g/mol. The van der Waals surface area contributed by atoms with Crippen molar-refractivity contribution in [1.29, 1.82) is 0 Å². The van der Waals surface area contributed by atoms with Crippen LogP contribution in [0.2, 0.25) is 0 Å². The summed E-state index contributed by atoms with van der Waals surface area (Å²) in [7, 11) is 0. The van der Waals surface area contributed by atoms with Crippen LogP contribution in [0.25, 0.3) is 0 Å². The number of benzene rings is 4. The number of carbonyl (C=O) groups excluding carboxylic acids is 3. The van der Waals surface area contributed by atoms with E-state index in [1.165, 1.54) is 0 Å². The van der Waals surface area contributed by atoms with Crippen molar-refractivity contribution in [2.45, 2.75) is 39.9 Å². The number of nitrogens with zero attached hydrogens (tertiary/aromatic N) is 2. The van der Waals surface area contributed by atoms with Gasteiger partial charge in [0.1, 0.15) is 0 Å². The number of hydrogen-bond donors (Lipinski definition) is 2. The molecule has 0 bridgehead atoms. The normalized spacial score (nSPS) is 13.6. The van der Waals surface area contributed by atoms with Crippen molar-refractivity contribution in [3.05, 3.63) is 125 Å². The number of carbonyl (C=O) groups is 3. The number of anilines is 3. The summed E-state index contributed by atoms with van der Waals surface area (Å²) in [6.45, 7) is 6.41. The number of para-hydroxylation sites is 2. The predicted molar refractivity (Wildman–Crippen MR) is 158 cm³/mol. The van der Waals surface area contributed by atoms with Crippen LogP contribution in [0.1, 0.15) is 27.8 Å². The van der Waals surface area contributed by atoms with E-state index in [0.717, 1.165) is 27.8 Å². The first kappa shape index (κ1) is 26.7. The highest BCUT2D eigenvalue weighted by Gasteiger charge is 2.41. The van der Waals surface area contributed by atoms with Gasteiger partial charge in [-0.25, -0.2) is 4.79 Å². The molecule has 40 heavy (non-hydrogen) atoms. The Kier molecular flexibility index (Phi) is 7.64. The highest BCUT2D eigenvalue weighted by atomic mass is 16.2. The van der Waals surface area contributed by atoms with Gasteiger partial charge in [-0.1, -0.05) is 72.8 Å². The quantitative estimate of drug-likeness (QED) is 0.304. The van der Waals surface area contributed by atoms with Crippen molar-refractivity contribution in [2.75, 3.05) is 15.1 Å². The van der Waals surface area contributed by atoms with Gasteiger partial charge in [0.25, 0.3) is 11.8 Å². The zero-order valence-corrected chi connectivity index (χ0v) is 22.8. The van der Waals surface area contributed by atoms with E-state index in [2.05, 4.69) is 10.6 Å². The van der Waals surface area contributed by atoms with Crippen LogP contribution in [-0.4, -0.2) is 23.9 Å². The van der Waals surface area contributed by atoms with Gasteiger partial charge >= 0.3 is 6.03 Å². The SMILES string of the molecule is Cc1cccc(NC(=O)NC2C(=O)N(Cc3ccccc3C)c3ccccc3N(Cc3ccccc3C)C2=O)c1. The molecule has 1 aliphatic rings. The topological polar surface area (TPSA) is 81.8 Å². The number of urea groups is 1. The molecule has 7 nitrogen and oxygen atoms in total. The summed E-state index contributed by atoms with van der Waals surface area (Å²) in [4.78, 5) is 44.7. The van der Waals surface area contributed by atoms with Crippen molar-refractivity contribution in [3.8, 4) is 0 Å². The van der Waals surface area contributed by atoms with Crippen LogP contribution in [0, 0.1) is 20.8 Å². The monoisotopic (exact) mass is 532 g/mol. The molecule has 7 heteroatoms. The predicted octanol–water partition coefficient (Wildman–Crippen LogP) is 5.88. The van der Waals surface area contributed by atoms with E-state index in [4.69, 9.17) is 0 Å². The largest absolute Gasteiger partial charge is 0.320 e. The molecule has 0 radical (unpaired) electrons. The maximum atomic E-state index is 14.2. The Hall–Kier alpha value is -4.91. The minimum Gasteiger partial charge on any atom is -0.318 e. The molecule has 0 fully saturated rings. The molecule has 202 valence electrons. The lowest BCUT2D eigenvalue weighted by atomic mass is 10.1. The Morgan fingerprint density at radius 2 is 1.18 bits per heavy atom. The van der Waals surface area contributed by atoms with Gasteiger partial charge in [-0.15, -0.1) is 0 Å². The molecule has 0 unspecified atom stereocenters. The summed E-state index contributed by atoms with van der Waals surface area (Å²) in [6.07, 6.45) is 0. The lowest BCUT2D eigenvalue weighted by Gasteiger charge is -2.26. The van der Waals surface area contributed by atoms with E-state index in [1.54, 1.807) is 15.9 Å². The van der Waals surface area contributed by atoms with Gasteiger partial charge in [-0.3, -0.25) is 9.59 Å². The molecule has 0 saturated heterocycles. The highest BCUT2D eigenvalue weighted by Crippen LogP contribution is 2.36. The first-order valence-corrected chi connectivity index (χ1v) is 13.3. The van der Waals surface area contributed by atoms with Gasteiger partial charge in [0.2, 0.25) is 0 Å². The molecule has 4 amide bonds. The van der Waals surface area contributed by atoms with E-state index in [1.807, 2.05) is 112 Å². The molecule has 0 aromatic heterocycles. The molecule has 2 N–H and O–H groups in total. The van der Waals surface area contributed by atoms with Gasteiger partial charge in [-0.2, -0.15) is 0 Å². The maximum Gasteiger partial charge on any atom is 0.320 e. The van der Waals surface area contributed by atoms with Crippen LogP contribution in [0.3, 0.4) is 0 Å². The number of amides is 4. The summed E-state index contributed by atoms with van der Waals surface area (Å²) in [6, 6.07) is 28.3. The molecule has 0 saturated carbocycles. The molecule has 0 aliphatic carbocycles. The van der Waals surface area contributed by atoms with E-state index in [-0.39, 0.29) is 13.1 Å². The van der Waals surface area contributed by atoms with Crippen molar-refractivity contribution in [1.82, 2.24) is 5.32 Å². The minimum absolute atomic E-state index is 0.256. The van der Waals surface area contributed by atoms with Gasteiger partial charge in [0, 0.05) is 5.69 Å². The molecule has 1 aliphatic heterocycles. The van der Waals surface area contributed by atoms with Gasteiger partial charge in [0.05, 0.1) is 24.5 Å². The second-order valence-corrected chi connectivity index (χ2v) is 10.1. The Labute approximate surface area is 234 Å². The van der Waals surface area contributed by atoms with Crippen LogP contribution in [0.5, 0.6) is 0 Å². The smallest absolute Gasteiger partial charge is 0.318 e. The van der Waals surface area contributed by atoms with Crippen LogP contribution < -0.4 is 20.4 Å². The fourth-order valence-electron chi connectivity index (χ4n) is 4.96. The number of aryl methyl sites for hydroxylation is 3. The Balaban J connectivity index is 1.56. The third-order valence-corrected chi connectivity index (χ3v) is 7.22. The van der Waals surface area contributed by atoms with Crippen molar-refractivity contribution >= 4 is 34.9 Å². The van der Waals surface area contributed by atoms with Crippen molar-refractivity contribution < 1.29 is 14.4 Å². The Morgan fingerprint density at radius 3 is 1.68 bits per heavy atom. The van der Waals surface area contributed by atoms with E-state index >= 15 is 0 Å². The van der Waals surface area contributed by atoms with E-state index in [0.29, 0.717) is 17.1 Å². The van der Waals surface area contributed by atoms with E-state index < -0.39 is 23.9 Å². The van der Waals surface area contributed by atoms with E-state index in [9.17, 15) is 14.4 Å². The zero-order valence-electron chi connectivity index (χ0n) is 22.8. The third-order valence-electron chi connectivity index (χ3n) is 7.22. The molecular weight excluding hydrogens is 500 g/mol. The molecular formula is C33H32N4O3. The second-order valence-electron chi connectivity index (χ2n) is 10.1. The third kappa shape index (κ3) is 5.59. The first-order chi connectivity index (χ1) is 19.3. The zero-order chi connectivity index (χ0) is 28.2. The molecule has 1 heterocycles. The summed E-state index contributed by atoms with van der Waals surface area (Å²) >= 11 is 0. The molecule has 4 aromatic carbocycles. The van der Waals surface area contributed by atoms with Crippen molar-refractivity contribution in [3.63, 3.8) is 0 Å². The van der Waals surface area contributed by atoms with Crippen molar-refractivity contribution in [2.24, 2.45) is 0 Å². The van der Waals surface area contributed by atoms with Crippen LogP contribution in [0.15, 0.2) is 97.1 Å². The minimum atomic E-state index is -1.43. The van der Waals surface area contributed by atoms with Crippen LogP contribution in [-0.2, 0) is 22.7 Å². The molecule has 0 spiro atoms.